The summed E-state index contributed by atoms with van der Waals surface area (Å²) < 4.78 is 5.42. The minimum Gasteiger partial charge on any atom is -0.367 e. The zero-order valence-electron chi connectivity index (χ0n) is 7.25. The van der Waals surface area contributed by atoms with Crippen LogP contribution in [0.15, 0.2) is 11.7 Å². The molecule has 0 bridgehead atoms. The molecule has 1 rings (SSSR count). The highest BCUT2D eigenvalue weighted by Gasteiger charge is 2.10. The number of hydrogen-bond acceptors (Lipinski definition) is 3. The van der Waals surface area contributed by atoms with Gasteiger partial charge < -0.3 is 15.8 Å². The van der Waals surface area contributed by atoms with E-state index in [1.807, 2.05) is 0 Å². The Morgan fingerprint density at radius 2 is 2.50 bits per heavy atom. The molecular weight excluding hydrogens is 151 g/mol. The number of nitrogens with two attached hydrogens (primary N) is 1. The summed E-state index contributed by atoms with van der Waals surface area (Å²) in [7, 11) is 5.51. The Hall–Kier alpha value is -0.475. The molecule has 0 spiro atoms. The van der Waals surface area contributed by atoms with Crippen LogP contribution >= 0.6 is 0 Å². The van der Waals surface area contributed by atoms with Gasteiger partial charge in [0.1, 0.15) is 14.1 Å². The highest BCUT2D eigenvalue weighted by Crippen LogP contribution is 2.09. The van der Waals surface area contributed by atoms with Crippen LogP contribution in [0.2, 0.25) is 0 Å². The van der Waals surface area contributed by atoms with E-state index in [1.165, 1.54) is 6.42 Å². The lowest BCUT2D eigenvalue weighted by molar-refractivity contribution is 0.00329. The summed E-state index contributed by atoms with van der Waals surface area (Å²) in [5, 5.41) is 3.08. The predicted molar refractivity (Wildman–Crippen MR) is 49.6 cm³/mol. The number of ether oxygens (including phenoxy) is 1. The second-order valence-corrected chi connectivity index (χ2v) is 2.95. The van der Waals surface area contributed by atoms with Gasteiger partial charge in [0, 0.05) is 13.2 Å². The summed E-state index contributed by atoms with van der Waals surface area (Å²) in [4.78, 5) is 0. The molecule has 0 saturated carbocycles. The van der Waals surface area contributed by atoms with Crippen LogP contribution in [0.5, 0.6) is 0 Å². The molecule has 12 heavy (non-hydrogen) atoms. The molecule has 0 aliphatic carbocycles. The molecule has 1 atom stereocenters. The van der Waals surface area contributed by atoms with Gasteiger partial charge in [-0.05, 0) is 25.5 Å². The van der Waals surface area contributed by atoms with Crippen molar-refractivity contribution in [2.24, 2.45) is 5.73 Å². The molecule has 3 N–H and O–H groups in total. The highest BCUT2D eigenvalue weighted by molar-refractivity contribution is 6.21. The summed E-state index contributed by atoms with van der Waals surface area (Å²) >= 11 is 0. The molecule has 1 aliphatic rings. The van der Waals surface area contributed by atoms with Gasteiger partial charge in [-0.15, -0.1) is 0 Å². The topological polar surface area (TPSA) is 47.3 Å². The molecule has 1 aliphatic heterocycles. The summed E-state index contributed by atoms with van der Waals surface area (Å²) in [6, 6.07) is 0. The maximum atomic E-state index is 5.51. The fourth-order valence-electron chi connectivity index (χ4n) is 1.13. The third kappa shape index (κ3) is 3.28. The maximum absolute atomic E-state index is 5.51. The molecule has 66 valence electrons. The summed E-state index contributed by atoms with van der Waals surface area (Å²) in [5.74, 6) is 0. The van der Waals surface area contributed by atoms with Crippen molar-refractivity contribution < 1.29 is 4.74 Å². The lowest BCUT2D eigenvalue weighted by atomic mass is 9.97. The second-order valence-electron chi connectivity index (χ2n) is 2.95. The van der Waals surface area contributed by atoms with Crippen molar-refractivity contribution in [2.45, 2.75) is 25.5 Å². The van der Waals surface area contributed by atoms with Gasteiger partial charge in [-0.25, -0.2) is 0 Å². The van der Waals surface area contributed by atoms with Crippen molar-refractivity contribution in [1.29, 1.82) is 0 Å². The zero-order chi connectivity index (χ0) is 8.81. The minimum atomic E-state index is 0.129. The predicted octanol–water partition coefficient (Wildman–Crippen LogP) is 0.0712. The van der Waals surface area contributed by atoms with Crippen LogP contribution in [-0.2, 0) is 4.74 Å². The van der Waals surface area contributed by atoms with E-state index in [0.29, 0.717) is 12.0 Å². The van der Waals surface area contributed by atoms with E-state index < -0.39 is 0 Å². The van der Waals surface area contributed by atoms with Gasteiger partial charge in [0.15, 0.2) is 0 Å². The first-order valence-electron chi connectivity index (χ1n) is 4.35. The van der Waals surface area contributed by atoms with E-state index in [9.17, 15) is 0 Å². The van der Waals surface area contributed by atoms with Crippen molar-refractivity contribution in [3.63, 3.8) is 0 Å². The van der Waals surface area contributed by atoms with Crippen LogP contribution in [0, 0.1) is 0 Å². The third-order valence-corrected chi connectivity index (χ3v) is 1.87. The monoisotopic (exact) mass is 166 g/mol. The molecule has 0 amide bonds. The SMILES string of the molecule is [B]/C(=C/NC1CCCCO1)CN. The lowest BCUT2D eigenvalue weighted by Crippen LogP contribution is -2.31. The standard InChI is InChI=1S/C8H15BN2O/c9-7(5-10)6-11-8-3-1-2-4-12-8/h6,8,11H,1-5,10H2/b7-6+. The number of hydrogen-bond donors (Lipinski definition) is 2. The Labute approximate surface area is 74.8 Å². The molecule has 4 heteroatoms. The summed E-state index contributed by atoms with van der Waals surface area (Å²) in [6.07, 6.45) is 5.29. The van der Waals surface area contributed by atoms with Crippen molar-refractivity contribution in [3.05, 3.63) is 11.7 Å². The lowest BCUT2D eigenvalue weighted by Gasteiger charge is -2.22. The van der Waals surface area contributed by atoms with E-state index in [4.69, 9.17) is 18.3 Å². The molecule has 1 fully saturated rings. The zero-order valence-corrected chi connectivity index (χ0v) is 7.25. The van der Waals surface area contributed by atoms with Crippen LogP contribution in [0.4, 0.5) is 0 Å². The Kier molecular flexibility index (Phi) is 4.18. The van der Waals surface area contributed by atoms with Gasteiger partial charge in [-0.3, -0.25) is 0 Å². The molecule has 1 saturated heterocycles. The number of rotatable bonds is 3. The largest absolute Gasteiger partial charge is 0.367 e. The van der Waals surface area contributed by atoms with Crippen molar-refractivity contribution in [3.8, 4) is 0 Å². The Morgan fingerprint density at radius 3 is 3.08 bits per heavy atom. The Morgan fingerprint density at radius 1 is 1.67 bits per heavy atom. The van der Waals surface area contributed by atoms with Crippen LogP contribution in [0.3, 0.4) is 0 Å². The first-order chi connectivity index (χ1) is 5.83. The first-order valence-corrected chi connectivity index (χ1v) is 4.35. The third-order valence-electron chi connectivity index (χ3n) is 1.87. The van der Waals surface area contributed by atoms with Gasteiger partial charge in [-0.2, -0.15) is 0 Å². The molecule has 3 nitrogen and oxygen atoms in total. The molecule has 1 heterocycles. The van der Waals surface area contributed by atoms with Crippen molar-refractivity contribution >= 4 is 7.85 Å². The molecular formula is C8H15BN2O. The van der Waals surface area contributed by atoms with Crippen molar-refractivity contribution in [2.75, 3.05) is 13.2 Å². The van der Waals surface area contributed by atoms with Gasteiger partial charge in [0.2, 0.25) is 0 Å². The molecule has 2 radical (unpaired) electrons. The quantitative estimate of drug-likeness (QED) is 0.583. The van der Waals surface area contributed by atoms with E-state index in [1.54, 1.807) is 6.20 Å². The van der Waals surface area contributed by atoms with Crippen LogP contribution in [0.25, 0.3) is 0 Å². The maximum Gasteiger partial charge on any atom is 0.127 e. The molecule has 0 aromatic carbocycles. The normalized spacial score (nSPS) is 25.4. The average molecular weight is 166 g/mol. The van der Waals surface area contributed by atoms with Gasteiger partial charge in [0.25, 0.3) is 0 Å². The second kappa shape index (κ2) is 5.22. The van der Waals surface area contributed by atoms with E-state index >= 15 is 0 Å². The smallest absolute Gasteiger partial charge is 0.127 e. The van der Waals surface area contributed by atoms with Gasteiger partial charge in [-0.1, -0.05) is 5.47 Å². The van der Waals surface area contributed by atoms with Crippen molar-refractivity contribution in [1.82, 2.24) is 5.32 Å². The Balaban J connectivity index is 2.21. The van der Waals surface area contributed by atoms with Crippen LogP contribution in [0.1, 0.15) is 19.3 Å². The molecule has 0 aromatic rings. The average Bonchev–Trinajstić information content (AvgIpc) is 2.16. The number of nitrogens with one attached hydrogen (secondary N) is 1. The Bertz CT molecular complexity index is 155. The minimum absolute atomic E-state index is 0.129. The van der Waals surface area contributed by atoms with Crippen LogP contribution < -0.4 is 11.1 Å². The highest BCUT2D eigenvalue weighted by atomic mass is 16.5. The van der Waals surface area contributed by atoms with Crippen LogP contribution in [-0.4, -0.2) is 27.2 Å². The van der Waals surface area contributed by atoms with E-state index in [0.717, 1.165) is 19.4 Å². The molecule has 1 unspecified atom stereocenters. The van der Waals surface area contributed by atoms with Gasteiger partial charge >= 0.3 is 0 Å². The van der Waals surface area contributed by atoms with Gasteiger partial charge in [0.05, 0.1) is 0 Å². The van der Waals surface area contributed by atoms with E-state index in [-0.39, 0.29) is 6.23 Å². The van der Waals surface area contributed by atoms with E-state index in [2.05, 4.69) is 5.32 Å². The molecule has 0 aromatic heterocycles. The summed E-state index contributed by atoms with van der Waals surface area (Å²) in [6.45, 7) is 1.23. The summed E-state index contributed by atoms with van der Waals surface area (Å²) in [5.41, 5.74) is 5.97. The fourth-order valence-corrected chi connectivity index (χ4v) is 1.13. The first kappa shape index (κ1) is 9.61. The fraction of sp³-hybridized carbons (Fsp3) is 0.750.